The van der Waals surface area contributed by atoms with Gasteiger partial charge in [0.2, 0.25) is 0 Å². The van der Waals surface area contributed by atoms with Crippen LogP contribution in [-0.4, -0.2) is 6.71 Å². The van der Waals surface area contributed by atoms with Crippen molar-refractivity contribution in [3.8, 4) is 45.3 Å². The highest BCUT2D eigenvalue weighted by atomic mass is 16.5. The van der Waals surface area contributed by atoms with E-state index in [4.69, 9.17) is 13.9 Å². The van der Waals surface area contributed by atoms with Gasteiger partial charge >= 0.3 is 0 Å². The van der Waals surface area contributed by atoms with Crippen molar-refractivity contribution in [1.82, 2.24) is 0 Å². The predicted octanol–water partition coefficient (Wildman–Crippen LogP) is 11.7. The zero-order valence-electron chi connectivity index (χ0n) is 30.4. The third-order valence-corrected chi connectivity index (χ3v) is 11.2. The molecule has 0 fully saturated rings. The molecular weight excluding hydrogens is 673 g/mol. The molecule has 1 aromatic heterocycles. The molecule has 0 aliphatic carbocycles. The molecular formula is C50H34BNO3. The lowest BCUT2D eigenvalue weighted by atomic mass is 9.34. The zero-order chi connectivity index (χ0) is 36.6. The summed E-state index contributed by atoms with van der Waals surface area (Å²) in [5.41, 5.74) is 14.7. The van der Waals surface area contributed by atoms with Gasteiger partial charge in [-0.2, -0.15) is 0 Å². The smallest absolute Gasteiger partial charge is 0.260 e. The SMILES string of the molecule is Cc1ccc(C)c(N(c2cc3c4c(c2)Oc2cc(-c5ccccc5)ccc2B4c2ccc(-c4ccccc4)cc2O3)c2cccc3c2oc2ccccc23)c1. The molecule has 0 saturated heterocycles. The Morgan fingerprint density at radius 1 is 0.455 bits per heavy atom. The van der Waals surface area contributed by atoms with E-state index < -0.39 is 0 Å². The van der Waals surface area contributed by atoms with Crippen LogP contribution < -0.4 is 30.8 Å². The molecule has 3 heterocycles. The number of nitrogens with zero attached hydrogens (tertiary/aromatic N) is 1. The fraction of sp³-hybridized carbons (Fsp3) is 0.0400. The Labute approximate surface area is 319 Å². The second kappa shape index (κ2) is 12.3. The Bertz CT molecular complexity index is 2860. The molecule has 0 radical (unpaired) electrons. The van der Waals surface area contributed by atoms with E-state index in [-0.39, 0.29) is 6.71 Å². The molecule has 9 aromatic rings. The van der Waals surface area contributed by atoms with Crippen LogP contribution in [0.5, 0.6) is 23.0 Å². The monoisotopic (exact) mass is 707 g/mol. The Balaban J connectivity index is 1.16. The third kappa shape index (κ3) is 5.08. The largest absolute Gasteiger partial charge is 0.458 e. The van der Waals surface area contributed by atoms with Crippen LogP contribution in [-0.2, 0) is 0 Å². The topological polar surface area (TPSA) is 34.8 Å². The van der Waals surface area contributed by atoms with Crippen LogP contribution in [0.4, 0.5) is 17.1 Å². The highest BCUT2D eigenvalue weighted by Crippen LogP contribution is 2.47. The molecule has 4 nitrogen and oxygen atoms in total. The summed E-state index contributed by atoms with van der Waals surface area (Å²) in [5, 5.41) is 2.16. The molecule has 0 saturated carbocycles. The maximum absolute atomic E-state index is 7.02. The molecule has 5 heteroatoms. The van der Waals surface area contributed by atoms with Crippen molar-refractivity contribution in [2.45, 2.75) is 13.8 Å². The average molecular weight is 708 g/mol. The van der Waals surface area contributed by atoms with Crippen LogP contribution in [0, 0.1) is 13.8 Å². The molecule has 11 rings (SSSR count). The summed E-state index contributed by atoms with van der Waals surface area (Å²) in [6.07, 6.45) is 0. The number of ether oxygens (including phenoxy) is 2. The number of rotatable bonds is 5. The Hall–Kier alpha value is -6.98. The Morgan fingerprint density at radius 3 is 1.71 bits per heavy atom. The van der Waals surface area contributed by atoms with Gasteiger partial charge in [-0.15, -0.1) is 0 Å². The van der Waals surface area contributed by atoms with Gasteiger partial charge in [0.1, 0.15) is 28.6 Å². The van der Waals surface area contributed by atoms with E-state index in [2.05, 4.69) is 164 Å². The van der Waals surface area contributed by atoms with Crippen molar-refractivity contribution in [2.24, 2.45) is 0 Å². The maximum atomic E-state index is 7.02. The van der Waals surface area contributed by atoms with E-state index in [1.54, 1.807) is 0 Å². The van der Waals surface area contributed by atoms with Crippen LogP contribution >= 0.6 is 0 Å². The first-order valence-corrected chi connectivity index (χ1v) is 18.8. The first-order valence-electron chi connectivity index (χ1n) is 18.8. The van der Waals surface area contributed by atoms with Crippen LogP contribution in [0.1, 0.15) is 11.1 Å². The fourth-order valence-corrected chi connectivity index (χ4v) is 8.50. The third-order valence-electron chi connectivity index (χ3n) is 11.2. The standard InChI is InChI=1S/C50H34BNO3/c1-31-20-21-32(2)43(26-31)52(42-18-11-17-39-38-16-9-10-19-44(38)55-50(39)42)37-29-47-49-48(30-37)54-46-28-36(34-14-7-4-8-15-34)23-25-41(46)51(49)40-24-22-35(27-45(40)53-47)33-12-5-3-6-13-33/h3-30H,1-2H3. The van der Waals surface area contributed by atoms with Crippen LogP contribution in [0.25, 0.3) is 44.2 Å². The summed E-state index contributed by atoms with van der Waals surface area (Å²) >= 11 is 0. The van der Waals surface area contributed by atoms with Crippen LogP contribution in [0.15, 0.2) is 174 Å². The molecule has 55 heavy (non-hydrogen) atoms. The lowest BCUT2D eigenvalue weighted by molar-refractivity contribution is 0.465. The lowest BCUT2D eigenvalue weighted by Crippen LogP contribution is -2.57. The number of aryl methyl sites for hydroxylation is 2. The summed E-state index contributed by atoms with van der Waals surface area (Å²) in [6.45, 7) is 4.22. The molecule has 0 N–H and O–H groups in total. The summed E-state index contributed by atoms with van der Waals surface area (Å²) in [6, 6.07) is 59.8. The van der Waals surface area contributed by atoms with E-state index in [0.717, 1.165) is 106 Å². The predicted molar refractivity (Wildman–Crippen MR) is 226 cm³/mol. The van der Waals surface area contributed by atoms with E-state index in [0.29, 0.717) is 0 Å². The number of hydrogen-bond donors (Lipinski definition) is 0. The van der Waals surface area contributed by atoms with Crippen molar-refractivity contribution >= 4 is 62.1 Å². The minimum atomic E-state index is -0.0749. The quantitative estimate of drug-likeness (QED) is 0.167. The van der Waals surface area contributed by atoms with Gasteiger partial charge in [0.25, 0.3) is 6.71 Å². The second-order valence-corrected chi connectivity index (χ2v) is 14.6. The summed E-state index contributed by atoms with van der Waals surface area (Å²) in [5.74, 6) is 3.25. The second-order valence-electron chi connectivity index (χ2n) is 14.6. The maximum Gasteiger partial charge on any atom is 0.260 e. The normalized spacial score (nSPS) is 12.4. The highest BCUT2D eigenvalue weighted by molar-refractivity contribution is 6.98. The number of benzene rings is 8. The number of fused-ring (bicyclic) bond motifs is 7. The number of furan rings is 1. The van der Waals surface area contributed by atoms with Crippen molar-refractivity contribution in [1.29, 1.82) is 0 Å². The van der Waals surface area contributed by atoms with Gasteiger partial charge < -0.3 is 18.8 Å². The van der Waals surface area contributed by atoms with Gasteiger partial charge in [0.15, 0.2) is 5.58 Å². The molecule has 0 spiro atoms. The van der Waals surface area contributed by atoms with Crippen molar-refractivity contribution in [2.75, 3.05) is 4.90 Å². The average Bonchev–Trinajstić information content (AvgIpc) is 3.62. The molecule has 0 amide bonds. The minimum absolute atomic E-state index is 0.0749. The lowest BCUT2D eigenvalue weighted by Gasteiger charge is -2.35. The number of para-hydroxylation sites is 2. The zero-order valence-corrected chi connectivity index (χ0v) is 30.4. The first-order chi connectivity index (χ1) is 27.1. The summed E-state index contributed by atoms with van der Waals surface area (Å²) in [4.78, 5) is 2.30. The molecule has 2 aliphatic rings. The fourth-order valence-electron chi connectivity index (χ4n) is 8.50. The number of anilines is 3. The van der Waals surface area contributed by atoms with Crippen LogP contribution in [0.2, 0.25) is 0 Å². The summed E-state index contributed by atoms with van der Waals surface area (Å²) < 4.78 is 20.7. The van der Waals surface area contributed by atoms with Crippen molar-refractivity contribution in [3.05, 3.63) is 181 Å². The van der Waals surface area contributed by atoms with Gasteiger partial charge in [-0.25, -0.2) is 0 Å². The van der Waals surface area contributed by atoms with Crippen LogP contribution in [0.3, 0.4) is 0 Å². The molecule has 260 valence electrons. The molecule has 2 aliphatic heterocycles. The van der Waals surface area contributed by atoms with E-state index >= 15 is 0 Å². The van der Waals surface area contributed by atoms with Gasteiger partial charge in [-0.05, 0) is 88.5 Å². The van der Waals surface area contributed by atoms with E-state index in [1.807, 2.05) is 24.3 Å². The van der Waals surface area contributed by atoms with Gasteiger partial charge in [0, 0.05) is 34.1 Å². The Morgan fingerprint density at radius 2 is 1.05 bits per heavy atom. The van der Waals surface area contributed by atoms with Gasteiger partial charge in [-0.1, -0.05) is 127 Å². The Kier molecular flexibility index (Phi) is 7.05. The minimum Gasteiger partial charge on any atom is -0.458 e. The van der Waals surface area contributed by atoms with Crippen molar-refractivity contribution < 1.29 is 13.9 Å². The van der Waals surface area contributed by atoms with Gasteiger partial charge in [0.05, 0.1) is 11.4 Å². The highest BCUT2D eigenvalue weighted by Gasteiger charge is 2.41. The number of hydrogen-bond acceptors (Lipinski definition) is 4. The molecule has 0 atom stereocenters. The van der Waals surface area contributed by atoms with Crippen molar-refractivity contribution in [3.63, 3.8) is 0 Å². The molecule has 0 bridgehead atoms. The first kappa shape index (κ1) is 31.5. The molecule has 0 unspecified atom stereocenters. The molecule has 8 aromatic carbocycles. The van der Waals surface area contributed by atoms with E-state index in [9.17, 15) is 0 Å². The van der Waals surface area contributed by atoms with E-state index in [1.165, 1.54) is 5.56 Å². The summed E-state index contributed by atoms with van der Waals surface area (Å²) in [7, 11) is 0. The van der Waals surface area contributed by atoms with Gasteiger partial charge in [-0.3, -0.25) is 0 Å².